The molecule has 0 aliphatic heterocycles. The summed E-state index contributed by atoms with van der Waals surface area (Å²) in [7, 11) is 0. The molecule has 1 atom stereocenters. The SMILES string of the molecule is CCCCC(CCCC(N=C=O)N=C=O)C(=O)O. The Morgan fingerprint density at radius 3 is 2.11 bits per heavy atom. The Bertz CT molecular complexity index is 326. The van der Waals surface area contributed by atoms with Crippen molar-refractivity contribution in [3.63, 3.8) is 0 Å². The lowest BCUT2D eigenvalue weighted by Crippen LogP contribution is -2.14. The normalized spacial score (nSPS) is 12.9. The van der Waals surface area contributed by atoms with Gasteiger partial charge in [-0.05, 0) is 25.7 Å². The van der Waals surface area contributed by atoms with Crippen molar-refractivity contribution in [3.8, 4) is 0 Å². The molecule has 0 aliphatic carbocycles. The minimum Gasteiger partial charge on any atom is -0.481 e. The molecule has 0 aromatic carbocycles. The van der Waals surface area contributed by atoms with Crippen LogP contribution in [0.25, 0.3) is 0 Å². The summed E-state index contributed by atoms with van der Waals surface area (Å²) in [5, 5.41) is 9.00. The third kappa shape index (κ3) is 7.49. The molecule has 0 radical (unpaired) electrons. The molecular weight excluding hydrogens is 236 g/mol. The molecule has 0 rings (SSSR count). The summed E-state index contributed by atoms with van der Waals surface area (Å²) in [5.41, 5.74) is 0. The fourth-order valence-corrected chi connectivity index (χ4v) is 1.67. The first kappa shape index (κ1) is 16.2. The first-order valence-corrected chi connectivity index (χ1v) is 6.02. The molecular formula is C12H18N2O4. The van der Waals surface area contributed by atoms with Crippen molar-refractivity contribution in [2.75, 3.05) is 0 Å². The van der Waals surface area contributed by atoms with Crippen molar-refractivity contribution < 1.29 is 19.5 Å². The Morgan fingerprint density at radius 1 is 1.11 bits per heavy atom. The Balaban J connectivity index is 4.14. The number of hydrogen-bond acceptors (Lipinski definition) is 5. The molecule has 0 amide bonds. The quantitative estimate of drug-likeness (QED) is 0.476. The zero-order valence-electron chi connectivity index (χ0n) is 10.5. The molecule has 0 bridgehead atoms. The number of isocyanates is 2. The molecule has 18 heavy (non-hydrogen) atoms. The monoisotopic (exact) mass is 254 g/mol. The molecule has 0 heterocycles. The second kappa shape index (κ2) is 10.4. The molecule has 100 valence electrons. The van der Waals surface area contributed by atoms with Gasteiger partial charge in [-0.25, -0.2) is 9.59 Å². The summed E-state index contributed by atoms with van der Waals surface area (Å²) in [5.74, 6) is -1.19. The molecule has 6 nitrogen and oxygen atoms in total. The van der Waals surface area contributed by atoms with Crippen LogP contribution >= 0.6 is 0 Å². The summed E-state index contributed by atoms with van der Waals surface area (Å²) < 4.78 is 0. The van der Waals surface area contributed by atoms with E-state index in [2.05, 4.69) is 9.98 Å². The Kier molecular flexibility index (Phi) is 9.37. The lowest BCUT2D eigenvalue weighted by atomic mass is 9.96. The topological polar surface area (TPSA) is 96.2 Å². The minimum atomic E-state index is -0.808. The number of hydrogen-bond donors (Lipinski definition) is 1. The number of carboxylic acid groups (broad SMARTS) is 1. The van der Waals surface area contributed by atoms with Crippen molar-refractivity contribution in [2.24, 2.45) is 15.9 Å². The predicted octanol–water partition coefficient (Wildman–Crippen LogP) is 2.05. The van der Waals surface area contributed by atoms with Gasteiger partial charge in [0.1, 0.15) is 0 Å². The van der Waals surface area contributed by atoms with Crippen LogP contribution in [0.15, 0.2) is 9.98 Å². The van der Waals surface area contributed by atoms with E-state index >= 15 is 0 Å². The first-order chi connectivity index (χ1) is 8.65. The first-order valence-electron chi connectivity index (χ1n) is 6.02. The molecule has 0 aliphatic rings. The zero-order valence-corrected chi connectivity index (χ0v) is 10.5. The van der Waals surface area contributed by atoms with Crippen LogP contribution in [0.3, 0.4) is 0 Å². The highest BCUT2D eigenvalue weighted by Gasteiger charge is 2.17. The van der Waals surface area contributed by atoms with E-state index in [-0.39, 0.29) is 5.92 Å². The van der Waals surface area contributed by atoms with E-state index in [0.717, 1.165) is 12.8 Å². The maximum absolute atomic E-state index is 11.0. The number of carboxylic acids is 1. The van der Waals surface area contributed by atoms with Gasteiger partial charge in [-0.2, -0.15) is 9.98 Å². The van der Waals surface area contributed by atoms with E-state index in [1.807, 2.05) is 6.92 Å². The van der Waals surface area contributed by atoms with E-state index < -0.39 is 12.1 Å². The number of aliphatic carboxylic acids is 1. The molecule has 0 fully saturated rings. The van der Waals surface area contributed by atoms with E-state index in [0.29, 0.717) is 25.7 Å². The summed E-state index contributed by atoms with van der Waals surface area (Å²) in [6.45, 7) is 2.01. The van der Waals surface area contributed by atoms with E-state index in [9.17, 15) is 14.4 Å². The molecule has 0 aromatic heterocycles. The summed E-state index contributed by atoms with van der Waals surface area (Å²) in [6, 6.07) is 0. The van der Waals surface area contributed by atoms with Crippen LogP contribution in [0.1, 0.15) is 45.4 Å². The lowest BCUT2D eigenvalue weighted by Gasteiger charge is -2.11. The van der Waals surface area contributed by atoms with E-state index in [1.165, 1.54) is 12.2 Å². The molecule has 1 unspecified atom stereocenters. The third-order valence-corrected chi connectivity index (χ3v) is 2.67. The van der Waals surface area contributed by atoms with Gasteiger partial charge in [0.15, 0.2) is 6.17 Å². The second-order valence-electron chi connectivity index (χ2n) is 4.03. The predicted molar refractivity (Wildman–Crippen MR) is 64.5 cm³/mol. The van der Waals surface area contributed by atoms with Gasteiger partial charge in [-0.15, -0.1) is 0 Å². The zero-order chi connectivity index (χ0) is 13.8. The van der Waals surface area contributed by atoms with Gasteiger partial charge >= 0.3 is 5.97 Å². The maximum Gasteiger partial charge on any atom is 0.306 e. The fourth-order valence-electron chi connectivity index (χ4n) is 1.67. The van der Waals surface area contributed by atoms with Crippen molar-refractivity contribution in [2.45, 2.75) is 51.6 Å². The van der Waals surface area contributed by atoms with Gasteiger partial charge in [0.25, 0.3) is 0 Å². The highest BCUT2D eigenvalue weighted by atomic mass is 16.4. The highest BCUT2D eigenvalue weighted by molar-refractivity contribution is 5.69. The Morgan fingerprint density at radius 2 is 1.67 bits per heavy atom. The number of aliphatic imine (C=N–C) groups is 2. The molecule has 0 saturated carbocycles. The van der Waals surface area contributed by atoms with Crippen molar-refractivity contribution >= 4 is 18.1 Å². The van der Waals surface area contributed by atoms with Crippen molar-refractivity contribution in [3.05, 3.63) is 0 Å². The standard InChI is InChI=1S/C12H18N2O4/c1-2-3-5-10(12(17)18)6-4-7-11(13-8-15)14-9-16/h10-11H,2-7H2,1H3,(H,17,18). The molecule has 0 spiro atoms. The van der Waals surface area contributed by atoms with Gasteiger partial charge in [0, 0.05) is 0 Å². The number of carbonyl (C=O) groups is 1. The summed E-state index contributed by atoms with van der Waals surface area (Å²) >= 11 is 0. The van der Waals surface area contributed by atoms with Gasteiger partial charge < -0.3 is 5.11 Å². The van der Waals surface area contributed by atoms with E-state index in [1.54, 1.807) is 0 Å². The largest absolute Gasteiger partial charge is 0.481 e. The van der Waals surface area contributed by atoms with Gasteiger partial charge in [-0.3, -0.25) is 4.79 Å². The third-order valence-electron chi connectivity index (χ3n) is 2.67. The van der Waals surface area contributed by atoms with Crippen LogP contribution in [0.4, 0.5) is 0 Å². The molecule has 1 N–H and O–H groups in total. The van der Waals surface area contributed by atoms with E-state index in [4.69, 9.17) is 5.11 Å². The number of carbonyl (C=O) groups excluding carboxylic acids is 2. The molecule has 0 aromatic rings. The minimum absolute atomic E-state index is 0.361. The fraction of sp³-hybridized carbons (Fsp3) is 0.750. The molecule has 0 saturated heterocycles. The smallest absolute Gasteiger partial charge is 0.306 e. The lowest BCUT2D eigenvalue weighted by molar-refractivity contribution is -0.142. The average Bonchev–Trinajstić information content (AvgIpc) is 2.33. The van der Waals surface area contributed by atoms with Crippen LogP contribution in [0, 0.1) is 5.92 Å². The number of rotatable bonds is 10. The molecule has 6 heteroatoms. The second-order valence-corrected chi connectivity index (χ2v) is 4.03. The highest BCUT2D eigenvalue weighted by Crippen LogP contribution is 2.17. The van der Waals surface area contributed by atoms with Crippen LogP contribution in [-0.4, -0.2) is 29.4 Å². The van der Waals surface area contributed by atoms with Gasteiger partial charge in [0.2, 0.25) is 12.2 Å². The van der Waals surface area contributed by atoms with Crippen molar-refractivity contribution in [1.29, 1.82) is 0 Å². The summed E-state index contributed by atoms with van der Waals surface area (Å²) in [4.78, 5) is 37.8. The Hall–Kier alpha value is -1.77. The van der Waals surface area contributed by atoms with Crippen molar-refractivity contribution in [1.82, 2.24) is 0 Å². The van der Waals surface area contributed by atoms with Crippen LogP contribution in [0.2, 0.25) is 0 Å². The summed E-state index contributed by atoms with van der Waals surface area (Å²) in [6.07, 6.45) is 5.76. The number of nitrogens with zero attached hydrogens (tertiary/aromatic N) is 2. The van der Waals surface area contributed by atoms with Crippen LogP contribution in [-0.2, 0) is 14.4 Å². The van der Waals surface area contributed by atoms with Crippen LogP contribution < -0.4 is 0 Å². The van der Waals surface area contributed by atoms with Crippen LogP contribution in [0.5, 0.6) is 0 Å². The van der Waals surface area contributed by atoms with Gasteiger partial charge in [-0.1, -0.05) is 19.8 Å². The average molecular weight is 254 g/mol. The number of unbranched alkanes of at least 4 members (excludes halogenated alkanes) is 1. The maximum atomic E-state index is 11.0. The Labute approximate surface area is 106 Å². The van der Waals surface area contributed by atoms with Gasteiger partial charge in [0.05, 0.1) is 5.92 Å².